The fraction of sp³-hybridized carbons (Fsp3) is 0.0714. The minimum absolute atomic E-state index is 0.147. The lowest BCUT2D eigenvalue weighted by atomic mass is 9.97. The third-order valence-electron chi connectivity index (χ3n) is 5.33. The smallest absolute Gasteiger partial charge is 0.408 e. The second-order valence-corrected chi connectivity index (χ2v) is 7.74. The minimum atomic E-state index is -0.507. The van der Waals surface area contributed by atoms with E-state index >= 15 is 0 Å². The van der Waals surface area contributed by atoms with Gasteiger partial charge in [0.05, 0.1) is 17.4 Å². The average Bonchev–Trinajstić information content (AvgIpc) is 2.88. The van der Waals surface area contributed by atoms with Gasteiger partial charge in [-0.3, -0.25) is 4.98 Å². The third kappa shape index (κ3) is 5.81. The zero-order chi connectivity index (χ0) is 23.8. The highest BCUT2D eigenvalue weighted by atomic mass is 16.5. The van der Waals surface area contributed by atoms with Crippen LogP contribution in [-0.2, 0) is 11.3 Å². The van der Waals surface area contributed by atoms with Crippen LogP contribution in [0.1, 0.15) is 28.3 Å². The van der Waals surface area contributed by atoms with Crippen LogP contribution in [0.15, 0.2) is 110 Å². The summed E-state index contributed by atoms with van der Waals surface area (Å²) in [4.78, 5) is 16.6. The molecular formula is C28H26N4O2. The van der Waals surface area contributed by atoms with Crippen molar-refractivity contribution in [3.8, 4) is 0 Å². The molecular weight excluding hydrogens is 424 g/mol. The first-order valence-electron chi connectivity index (χ1n) is 10.9. The van der Waals surface area contributed by atoms with Gasteiger partial charge in [-0.05, 0) is 34.9 Å². The number of amides is 1. The number of aromatic nitrogens is 1. The van der Waals surface area contributed by atoms with Crippen LogP contribution in [0.4, 0.5) is 16.2 Å². The molecule has 1 amide bonds. The monoisotopic (exact) mass is 450 g/mol. The number of nitrogens with two attached hydrogens (primary N) is 1. The van der Waals surface area contributed by atoms with Crippen LogP contribution in [0.3, 0.4) is 0 Å². The number of ether oxygens (including phenoxy) is 1. The normalized spacial score (nSPS) is 11.3. The van der Waals surface area contributed by atoms with Crippen molar-refractivity contribution in [3.63, 3.8) is 0 Å². The van der Waals surface area contributed by atoms with E-state index < -0.39 is 6.09 Å². The maximum atomic E-state index is 12.6. The number of nitrogen functional groups attached to an aromatic ring is 1. The van der Waals surface area contributed by atoms with Crippen molar-refractivity contribution in [1.29, 1.82) is 0 Å². The summed E-state index contributed by atoms with van der Waals surface area (Å²) in [5, 5.41) is 6.24. The predicted molar refractivity (Wildman–Crippen MR) is 136 cm³/mol. The Balaban J connectivity index is 1.48. The number of anilines is 2. The van der Waals surface area contributed by atoms with Crippen LogP contribution in [-0.4, -0.2) is 11.1 Å². The number of pyridine rings is 1. The summed E-state index contributed by atoms with van der Waals surface area (Å²) in [6.07, 6.45) is 2.84. The Morgan fingerprint density at radius 3 is 2.32 bits per heavy atom. The van der Waals surface area contributed by atoms with Gasteiger partial charge in [0, 0.05) is 23.7 Å². The number of carbonyl (C=O) groups is 1. The molecule has 0 saturated heterocycles. The van der Waals surface area contributed by atoms with Crippen LogP contribution in [0, 0.1) is 0 Å². The van der Waals surface area contributed by atoms with Gasteiger partial charge in [0.25, 0.3) is 0 Å². The highest BCUT2D eigenvalue weighted by Crippen LogP contribution is 2.26. The van der Waals surface area contributed by atoms with Crippen molar-refractivity contribution in [2.45, 2.75) is 12.6 Å². The standard InChI is InChI=1S/C28H26N4O2/c1-20(31-26-12-6-5-11-25(26)29)22-13-15-24(16-14-22)27(23-9-3-2-4-10-23)32-28(33)34-19-21-8-7-17-30-18-21/h2-18,27,31H,1,19,29H2,(H,32,33)/t27-/m0/s1. The molecule has 0 aliphatic carbocycles. The van der Waals surface area contributed by atoms with E-state index in [2.05, 4.69) is 22.2 Å². The Kier molecular flexibility index (Phi) is 7.20. The Morgan fingerprint density at radius 2 is 1.62 bits per heavy atom. The fourth-order valence-electron chi connectivity index (χ4n) is 3.52. The molecule has 0 saturated carbocycles. The second kappa shape index (κ2) is 10.8. The molecule has 4 rings (SSSR count). The van der Waals surface area contributed by atoms with Crippen LogP contribution in [0.25, 0.3) is 5.70 Å². The van der Waals surface area contributed by atoms with Gasteiger partial charge in [0.1, 0.15) is 6.61 Å². The summed E-state index contributed by atoms with van der Waals surface area (Å²) in [5.74, 6) is 0. The predicted octanol–water partition coefficient (Wildman–Crippen LogP) is 5.76. The number of hydrogen-bond donors (Lipinski definition) is 3. The van der Waals surface area contributed by atoms with E-state index in [9.17, 15) is 4.79 Å². The topological polar surface area (TPSA) is 89.3 Å². The molecule has 3 aromatic carbocycles. The number of carbonyl (C=O) groups excluding carboxylic acids is 1. The summed E-state index contributed by atoms with van der Waals surface area (Å²) in [7, 11) is 0. The van der Waals surface area contributed by atoms with E-state index in [1.807, 2.05) is 84.9 Å². The zero-order valence-electron chi connectivity index (χ0n) is 18.6. The number of para-hydroxylation sites is 2. The molecule has 6 heteroatoms. The summed E-state index contributed by atoms with van der Waals surface area (Å²) in [5.41, 5.74) is 11.8. The molecule has 0 aliphatic heterocycles. The van der Waals surface area contributed by atoms with Gasteiger partial charge in [-0.2, -0.15) is 0 Å². The molecule has 4 aromatic rings. The van der Waals surface area contributed by atoms with Crippen molar-refractivity contribution in [2.24, 2.45) is 0 Å². The molecule has 1 atom stereocenters. The fourth-order valence-corrected chi connectivity index (χ4v) is 3.52. The van der Waals surface area contributed by atoms with Gasteiger partial charge in [-0.1, -0.05) is 79.4 Å². The summed E-state index contributed by atoms with van der Waals surface area (Å²) in [6.45, 7) is 4.28. The van der Waals surface area contributed by atoms with Gasteiger partial charge < -0.3 is 21.1 Å². The Hall–Kier alpha value is -4.58. The van der Waals surface area contributed by atoms with E-state index in [1.165, 1.54) is 0 Å². The molecule has 4 N–H and O–H groups in total. The molecule has 34 heavy (non-hydrogen) atoms. The number of benzene rings is 3. The summed E-state index contributed by atoms with van der Waals surface area (Å²) < 4.78 is 5.42. The Bertz CT molecular complexity index is 1240. The number of hydrogen-bond acceptors (Lipinski definition) is 5. The number of nitrogens with zero attached hydrogens (tertiary/aromatic N) is 1. The molecule has 0 fully saturated rings. The van der Waals surface area contributed by atoms with Crippen molar-refractivity contribution in [3.05, 3.63) is 132 Å². The molecule has 0 bridgehead atoms. The van der Waals surface area contributed by atoms with Gasteiger partial charge in [0.15, 0.2) is 0 Å². The number of nitrogens with one attached hydrogen (secondary N) is 2. The lowest BCUT2D eigenvalue weighted by Gasteiger charge is -2.20. The highest BCUT2D eigenvalue weighted by Gasteiger charge is 2.18. The highest BCUT2D eigenvalue weighted by molar-refractivity contribution is 5.81. The van der Waals surface area contributed by atoms with E-state index in [1.54, 1.807) is 18.5 Å². The van der Waals surface area contributed by atoms with Gasteiger partial charge >= 0.3 is 6.09 Å². The first-order chi connectivity index (χ1) is 16.6. The SMILES string of the molecule is C=C(Nc1ccccc1N)c1ccc([C@@H](NC(=O)OCc2cccnc2)c2ccccc2)cc1. The molecule has 0 aliphatic rings. The van der Waals surface area contributed by atoms with E-state index in [4.69, 9.17) is 10.5 Å². The lowest BCUT2D eigenvalue weighted by Crippen LogP contribution is -2.29. The van der Waals surface area contributed by atoms with E-state index in [-0.39, 0.29) is 12.6 Å². The Morgan fingerprint density at radius 1 is 0.912 bits per heavy atom. The molecule has 170 valence electrons. The first kappa shape index (κ1) is 22.6. The van der Waals surface area contributed by atoms with Crippen LogP contribution in [0.5, 0.6) is 0 Å². The quantitative estimate of drug-likeness (QED) is 0.297. The molecule has 0 unspecified atom stereocenters. The van der Waals surface area contributed by atoms with Crippen LogP contribution in [0.2, 0.25) is 0 Å². The molecule has 0 radical (unpaired) electrons. The Labute approximate surface area is 199 Å². The summed E-state index contributed by atoms with van der Waals surface area (Å²) in [6, 6.07) is 28.5. The number of alkyl carbamates (subject to hydrolysis) is 1. The van der Waals surface area contributed by atoms with Crippen molar-refractivity contribution in [2.75, 3.05) is 11.1 Å². The zero-order valence-corrected chi connectivity index (χ0v) is 18.6. The van der Waals surface area contributed by atoms with Gasteiger partial charge in [-0.25, -0.2) is 4.79 Å². The van der Waals surface area contributed by atoms with Gasteiger partial charge in [0.2, 0.25) is 0 Å². The van der Waals surface area contributed by atoms with E-state index in [0.717, 1.165) is 33.6 Å². The van der Waals surface area contributed by atoms with Crippen molar-refractivity contribution >= 4 is 23.2 Å². The largest absolute Gasteiger partial charge is 0.445 e. The third-order valence-corrected chi connectivity index (χ3v) is 5.33. The van der Waals surface area contributed by atoms with Crippen molar-refractivity contribution < 1.29 is 9.53 Å². The second-order valence-electron chi connectivity index (χ2n) is 7.74. The van der Waals surface area contributed by atoms with Gasteiger partial charge in [-0.15, -0.1) is 0 Å². The molecule has 1 heterocycles. The number of rotatable bonds is 8. The average molecular weight is 451 g/mol. The van der Waals surface area contributed by atoms with Crippen LogP contribution >= 0.6 is 0 Å². The lowest BCUT2D eigenvalue weighted by molar-refractivity contribution is 0.137. The molecule has 0 spiro atoms. The summed E-state index contributed by atoms with van der Waals surface area (Å²) >= 11 is 0. The first-order valence-corrected chi connectivity index (χ1v) is 10.9. The maximum Gasteiger partial charge on any atom is 0.408 e. The molecule has 1 aromatic heterocycles. The van der Waals surface area contributed by atoms with E-state index in [0.29, 0.717) is 5.69 Å². The van der Waals surface area contributed by atoms with Crippen molar-refractivity contribution in [1.82, 2.24) is 10.3 Å². The maximum absolute atomic E-state index is 12.6. The minimum Gasteiger partial charge on any atom is -0.445 e. The van der Waals surface area contributed by atoms with Crippen LogP contribution < -0.4 is 16.4 Å². The molecule has 6 nitrogen and oxygen atoms in total.